The van der Waals surface area contributed by atoms with Crippen LogP contribution in [0.1, 0.15) is 51.0 Å². The number of ether oxygens (including phenoxy) is 1. The number of amides is 2. The zero-order valence-corrected chi connectivity index (χ0v) is 14.4. The lowest BCUT2D eigenvalue weighted by molar-refractivity contribution is -0.143. The molecular weight excluding hydrogens is 294 g/mol. The molecule has 23 heavy (non-hydrogen) atoms. The van der Waals surface area contributed by atoms with E-state index in [0.29, 0.717) is 24.9 Å². The van der Waals surface area contributed by atoms with Crippen LogP contribution in [0, 0.1) is 34.6 Å². The Bertz CT molecular complexity index is 662. The van der Waals surface area contributed by atoms with Gasteiger partial charge in [0.2, 0.25) is 5.91 Å². The van der Waals surface area contributed by atoms with E-state index in [1.807, 2.05) is 34.6 Å². The lowest BCUT2D eigenvalue weighted by Gasteiger charge is -2.18. The normalized spacial score (nSPS) is 14.3. The molecule has 5 heteroatoms. The number of carbonyl (C=O) groups is 3. The van der Waals surface area contributed by atoms with Gasteiger partial charge in [-0.1, -0.05) is 0 Å². The molecule has 1 aliphatic rings. The highest BCUT2D eigenvalue weighted by Gasteiger charge is 2.27. The summed E-state index contributed by atoms with van der Waals surface area (Å²) in [5.74, 6) is -1.15. The Morgan fingerprint density at radius 2 is 1.48 bits per heavy atom. The van der Waals surface area contributed by atoms with E-state index in [0.717, 1.165) is 27.8 Å². The van der Waals surface area contributed by atoms with E-state index in [1.54, 1.807) is 0 Å². The van der Waals surface area contributed by atoms with Crippen molar-refractivity contribution in [3.63, 3.8) is 0 Å². The maximum absolute atomic E-state index is 12.4. The molecule has 0 N–H and O–H groups in total. The minimum absolute atomic E-state index is 0.194. The van der Waals surface area contributed by atoms with E-state index in [1.165, 1.54) is 4.90 Å². The van der Waals surface area contributed by atoms with E-state index in [9.17, 15) is 14.4 Å². The Morgan fingerprint density at radius 1 is 0.957 bits per heavy atom. The minimum Gasteiger partial charge on any atom is -0.452 e. The van der Waals surface area contributed by atoms with Crippen molar-refractivity contribution in [2.75, 3.05) is 13.2 Å². The van der Waals surface area contributed by atoms with Gasteiger partial charge >= 0.3 is 5.97 Å². The largest absolute Gasteiger partial charge is 0.452 e. The van der Waals surface area contributed by atoms with Crippen molar-refractivity contribution in [2.24, 2.45) is 0 Å². The standard InChI is InChI=1S/C18H23NO4/c1-10-11(2)13(4)17(14(5)12(10)3)18(22)23-9-16(21)19-8-6-7-15(19)20/h6-9H2,1-5H3. The summed E-state index contributed by atoms with van der Waals surface area (Å²) < 4.78 is 5.18. The van der Waals surface area contributed by atoms with Crippen LogP contribution < -0.4 is 0 Å². The quantitative estimate of drug-likeness (QED) is 0.804. The Hall–Kier alpha value is -2.17. The van der Waals surface area contributed by atoms with Gasteiger partial charge in [0.05, 0.1) is 5.56 Å². The number of hydrogen-bond donors (Lipinski definition) is 0. The zero-order valence-electron chi connectivity index (χ0n) is 14.4. The number of likely N-dealkylation sites (tertiary alicyclic amines) is 1. The second-order valence-electron chi connectivity index (χ2n) is 6.12. The smallest absolute Gasteiger partial charge is 0.339 e. The highest BCUT2D eigenvalue weighted by Crippen LogP contribution is 2.26. The van der Waals surface area contributed by atoms with Crippen molar-refractivity contribution >= 4 is 17.8 Å². The monoisotopic (exact) mass is 317 g/mol. The summed E-state index contributed by atoms with van der Waals surface area (Å²) >= 11 is 0. The highest BCUT2D eigenvalue weighted by atomic mass is 16.5. The number of esters is 1. The van der Waals surface area contributed by atoms with Gasteiger partial charge in [0.25, 0.3) is 5.91 Å². The topological polar surface area (TPSA) is 63.7 Å². The third kappa shape index (κ3) is 3.14. The first kappa shape index (κ1) is 17.2. The third-order valence-electron chi connectivity index (χ3n) is 4.91. The first-order chi connectivity index (χ1) is 10.8. The van der Waals surface area contributed by atoms with Gasteiger partial charge in [-0.3, -0.25) is 14.5 Å². The van der Waals surface area contributed by atoms with Crippen LogP contribution in [-0.2, 0) is 14.3 Å². The number of benzene rings is 1. The SMILES string of the molecule is Cc1c(C)c(C)c(C(=O)OCC(=O)N2CCCC2=O)c(C)c1C. The minimum atomic E-state index is -0.508. The lowest BCUT2D eigenvalue weighted by atomic mass is 9.90. The number of hydrogen-bond acceptors (Lipinski definition) is 4. The lowest BCUT2D eigenvalue weighted by Crippen LogP contribution is -2.35. The van der Waals surface area contributed by atoms with Crippen LogP contribution >= 0.6 is 0 Å². The van der Waals surface area contributed by atoms with Crippen LogP contribution in [0.5, 0.6) is 0 Å². The summed E-state index contributed by atoms with van der Waals surface area (Å²) in [6.07, 6.45) is 1.06. The predicted molar refractivity (Wildman–Crippen MR) is 86.4 cm³/mol. The van der Waals surface area contributed by atoms with Crippen molar-refractivity contribution < 1.29 is 19.1 Å². The van der Waals surface area contributed by atoms with Gasteiger partial charge in [-0.25, -0.2) is 4.79 Å². The van der Waals surface area contributed by atoms with Gasteiger partial charge in [-0.2, -0.15) is 0 Å². The first-order valence-electron chi connectivity index (χ1n) is 7.83. The maximum atomic E-state index is 12.4. The fourth-order valence-electron chi connectivity index (χ4n) is 3.00. The van der Waals surface area contributed by atoms with E-state index < -0.39 is 18.5 Å². The molecule has 0 radical (unpaired) electrons. The zero-order chi connectivity index (χ0) is 17.3. The van der Waals surface area contributed by atoms with Crippen molar-refractivity contribution in [3.8, 4) is 0 Å². The molecule has 1 aromatic carbocycles. The molecule has 2 rings (SSSR count). The predicted octanol–water partition coefficient (Wildman–Crippen LogP) is 2.53. The Kier molecular flexibility index (Phi) is 4.88. The molecule has 1 saturated heterocycles. The third-order valence-corrected chi connectivity index (χ3v) is 4.91. The summed E-state index contributed by atoms with van der Waals surface area (Å²) in [6, 6.07) is 0. The number of imide groups is 1. The second kappa shape index (κ2) is 6.52. The van der Waals surface area contributed by atoms with E-state index in [-0.39, 0.29) is 5.91 Å². The van der Waals surface area contributed by atoms with Crippen LogP contribution in [0.4, 0.5) is 0 Å². The van der Waals surface area contributed by atoms with Crippen LogP contribution in [0.15, 0.2) is 0 Å². The van der Waals surface area contributed by atoms with Crippen molar-refractivity contribution in [2.45, 2.75) is 47.5 Å². The molecule has 1 heterocycles. The molecule has 0 spiro atoms. The average Bonchev–Trinajstić information content (AvgIpc) is 2.95. The molecule has 0 saturated carbocycles. The fraction of sp³-hybridized carbons (Fsp3) is 0.500. The molecule has 1 fully saturated rings. The van der Waals surface area contributed by atoms with E-state index in [2.05, 4.69) is 0 Å². The summed E-state index contributed by atoms with van der Waals surface area (Å²) in [5.41, 5.74) is 5.55. The van der Waals surface area contributed by atoms with Gasteiger partial charge in [-0.05, 0) is 68.9 Å². The second-order valence-corrected chi connectivity index (χ2v) is 6.12. The molecule has 5 nitrogen and oxygen atoms in total. The van der Waals surface area contributed by atoms with Crippen molar-refractivity contribution in [1.29, 1.82) is 0 Å². The molecule has 0 aromatic heterocycles. The molecule has 0 atom stereocenters. The number of carbonyl (C=O) groups excluding carboxylic acids is 3. The molecule has 0 aliphatic carbocycles. The first-order valence-corrected chi connectivity index (χ1v) is 7.83. The Labute approximate surface area is 136 Å². The molecule has 1 aliphatic heterocycles. The van der Waals surface area contributed by atoms with Crippen molar-refractivity contribution in [3.05, 3.63) is 33.4 Å². The Morgan fingerprint density at radius 3 is 1.96 bits per heavy atom. The summed E-state index contributed by atoms with van der Waals surface area (Å²) in [6.45, 7) is 9.77. The van der Waals surface area contributed by atoms with Gasteiger partial charge in [0.15, 0.2) is 6.61 Å². The molecule has 1 aromatic rings. The maximum Gasteiger partial charge on any atom is 0.339 e. The Balaban J connectivity index is 2.16. The molecule has 2 amide bonds. The highest BCUT2D eigenvalue weighted by molar-refractivity contribution is 5.99. The molecule has 0 bridgehead atoms. The number of rotatable bonds is 3. The summed E-state index contributed by atoms with van der Waals surface area (Å²) in [4.78, 5) is 37.1. The van der Waals surface area contributed by atoms with Crippen LogP contribution in [-0.4, -0.2) is 35.8 Å². The van der Waals surface area contributed by atoms with E-state index >= 15 is 0 Å². The average molecular weight is 317 g/mol. The molecule has 0 unspecified atom stereocenters. The molecular formula is C18H23NO4. The van der Waals surface area contributed by atoms with Crippen LogP contribution in [0.25, 0.3) is 0 Å². The fourth-order valence-corrected chi connectivity index (χ4v) is 3.00. The van der Waals surface area contributed by atoms with E-state index in [4.69, 9.17) is 4.74 Å². The van der Waals surface area contributed by atoms with Gasteiger partial charge in [0.1, 0.15) is 0 Å². The van der Waals surface area contributed by atoms with Gasteiger partial charge in [0, 0.05) is 13.0 Å². The van der Waals surface area contributed by atoms with Gasteiger partial charge in [-0.15, -0.1) is 0 Å². The summed E-state index contributed by atoms with van der Waals surface area (Å²) in [5, 5.41) is 0. The van der Waals surface area contributed by atoms with Crippen LogP contribution in [0.2, 0.25) is 0 Å². The van der Waals surface area contributed by atoms with Crippen molar-refractivity contribution in [1.82, 2.24) is 4.90 Å². The molecule has 124 valence electrons. The summed E-state index contributed by atoms with van der Waals surface area (Å²) in [7, 11) is 0. The van der Waals surface area contributed by atoms with Crippen LogP contribution in [0.3, 0.4) is 0 Å². The van der Waals surface area contributed by atoms with Gasteiger partial charge < -0.3 is 4.74 Å². The number of nitrogens with zero attached hydrogens (tertiary/aromatic N) is 1.